The van der Waals surface area contributed by atoms with Crippen LogP contribution in [0, 0.1) is 0 Å². The zero-order valence-corrected chi connectivity index (χ0v) is 15.2. The molecule has 1 aliphatic heterocycles. The van der Waals surface area contributed by atoms with E-state index in [2.05, 4.69) is 15.3 Å². The highest BCUT2D eigenvalue weighted by molar-refractivity contribution is 6.05. The molecule has 28 heavy (non-hydrogen) atoms. The van der Waals surface area contributed by atoms with Gasteiger partial charge >= 0.3 is 0 Å². The van der Waals surface area contributed by atoms with Crippen LogP contribution in [-0.2, 0) is 4.74 Å². The quantitative estimate of drug-likeness (QED) is 0.731. The number of morpholine rings is 1. The van der Waals surface area contributed by atoms with E-state index in [9.17, 15) is 9.59 Å². The number of carbonyl (C=O) groups excluding carboxylic acids is 1. The molecule has 1 aromatic heterocycles. The number of carbonyl (C=O) groups is 1. The van der Waals surface area contributed by atoms with E-state index in [-0.39, 0.29) is 17.2 Å². The molecular formula is C21H20N4O3. The number of hydrogen-bond acceptors (Lipinski definition) is 5. The molecule has 0 atom stereocenters. The Hall–Kier alpha value is -3.45. The number of hydrogen-bond donors (Lipinski definition) is 2. The van der Waals surface area contributed by atoms with Gasteiger partial charge in [0.1, 0.15) is 5.82 Å². The van der Waals surface area contributed by atoms with Crippen molar-refractivity contribution in [1.29, 1.82) is 0 Å². The summed E-state index contributed by atoms with van der Waals surface area (Å²) in [6.45, 7) is 2.28. The van der Waals surface area contributed by atoms with Gasteiger partial charge in [0.25, 0.3) is 11.5 Å². The van der Waals surface area contributed by atoms with Crippen LogP contribution in [0.25, 0.3) is 11.4 Å². The summed E-state index contributed by atoms with van der Waals surface area (Å²) in [5, 5.41) is 2.74. The first-order chi connectivity index (χ1) is 13.7. The van der Waals surface area contributed by atoms with Crippen LogP contribution in [0.5, 0.6) is 0 Å². The van der Waals surface area contributed by atoms with Crippen LogP contribution in [-0.4, -0.2) is 42.2 Å². The number of rotatable bonds is 4. The molecule has 7 heteroatoms. The lowest BCUT2D eigenvalue weighted by molar-refractivity contribution is 0.102. The number of nitrogens with zero attached hydrogens (tertiary/aromatic N) is 2. The number of aromatic amines is 1. The fraction of sp³-hybridized carbons (Fsp3) is 0.190. The molecule has 0 aliphatic carbocycles. The minimum Gasteiger partial charge on any atom is -0.378 e. The van der Waals surface area contributed by atoms with Crippen LogP contribution >= 0.6 is 0 Å². The zero-order valence-electron chi connectivity index (χ0n) is 15.2. The molecule has 142 valence electrons. The molecule has 0 bridgehead atoms. The third-order valence-electron chi connectivity index (χ3n) is 4.53. The Bertz CT molecular complexity index is 1010. The molecule has 0 radical (unpaired) electrons. The van der Waals surface area contributed by atoms with Crippen LogP contribution < -0.4 is 15.8 Å². The summed E-state index contributed by atoms with van der Waals surface area (Å²) in [6, 6.07) is 18.2. The normalized spacial score (nSPS) is 13.9. The maximum Gasteiger partial charge on any atom is 0.277 e. The van der Waals surface area contributed by atoms with Crippen LogP contribution in [0.2, 0.25) is 0 Å². The third kappa shape index (κ3) is 3.79. The molecule has 7 nitrogen and oxygen atoms in total. The molecule has 0 saturated carbocycles. The van der Waals surface area contributed by atoms with Crippen LogP contribution in [0.15, 0.2) is 65.5 Å². The standard InChI is InChI=1S/C21H20N4O3/c26-20(16-9-5-2-6-10-16)22-17-19(25-11-13-28-14-12-25)23-18(24-21(17)27)15-7-3-1-4-8-15/h1-10H,11-14H2,(H,22,26)(H,23,24,27). The lowest BCUT2D eigenvalue weighted by atomic mass is 10.2. The molecule has 0 unspecified atom stereocenters. The van der Waals surface area contributed by atoms with Gasteiger partial charge in [0, 0.05) is 24.2 Å². The molecule has 3 aromatic rings. The lowest BCUT2D eigenvalue weighted by Gasteiger charge is -2.29. The Morgan fingerprint density at radius 2 is 1.64 bits per heavy atom. The van der Waals surface area contributed by atoms with E-state index < -0.39 is 0 Å². The molecule has 2 aromatic carbocycles. The second-order valence-electron chi connectivity index (χ2n) is 6.40. The van der Waals surface area contributed by atoms with Crippen molar-refractivity contribution in [3.63, 3.8) is 0 Å². The molecule has 2 heterocycles. The molecule has 1 saturated heterocycles. The van der Waals surface area contributed by atoms with Gasteiger partial charge in [0.05, 0.1) is 13.2 Å². The molecule has 4 rings (SSSR count). The van der Waals surface area contributed by atoms with Crippen molar-refractivity contribution >= 4 is 17.4 Å². The third-order valence-corrected chi connectivity index (χ3v) is 4.53. The van der Waals surface area contributed by atoms with Crippen LogP contribution in [0.3, 0.4) is 0 Å². The van der Waals surface area contributed by atoms with Gasteiger partial charge in [0.15, 0.2) is 11.5 Å². The molecular weight excluding hydrogens is 356 g/mol. The van der Waals surface area contributed by atoms with Gasteiger partial charge in [0.2, 0.25) is 0 Å². The number of amides is 1. The van der Waals surface area contributed by atoms with E-state index in [1.54, 1.807) is 24.3 Å². The number of aromatic nitrogens is 2. The van der Waals surface area contributed by atoms with Crippen molar-refractivity contribution in [2.45, 2.75) is 0 Å². The van der Waals surface area contributed by atoms with Crippen LogP contribution in [0.4, 0.5) is 11.5 Å². The van der Waals surface area contributed by atoms with Crippen molar-refractivity contribution in [1.82, 2.24) is 9.97 Å². The summed E-state index contributed by atoms with van der Waals surface area (Å²) in [5.41, 5.74) is 1.03. The van der Waals surface area contributed by atoms with Crippen molar-refractivity contribution < 1.29 is 9.53 Å². The topological polar surface area (TPSA) is 87.3 Å². The summed E-state index contributed by atoms with van der Waals surface area (Å²) in [6.07, 6.45) is 0. The van der Waals surface area contributed by atoms with E-state index in [1.165, 1.54) is 0 Å². The molecule has 0 spiro atoms. The minimum absolute atomic E-state index is 0.149. The Labute approximate surface area is 162 Å². The summed E-state index contributed by atoms with van der Waals surface area (Å²) >= 11 is 0. The van der Waals surface area contributed by atoms with Gasteiger partial charge in [-0.1, -0.05) is 48.5 Å². The second-order valence-corrected chi connectivity index (χ2v) is 6.40. The largest absolute Gasteiger partial charge is 0.378 e. The van der Waals surface area contributed by atoms with Gasteiger partial charge in [-0.2, -0.15) is 0 Å². The highest BCUT2D eigenvalue weighted by Gasteiger charge is 2.22. The predicted octanol–water partition coefficient (Wildman–Crippen LogP) is 2.53. The predicted molar refractivity (Wildman–Crippen MR) is 108 cm³/mol. The number of benzene rings is 2. The Kier molecular flexibility index (Phi) is 5.16. The highest BCUT2D eigenvalue weighted by atomic mass is 16.5. The Morgan fingerprint density at radius 3 is 2.32 bits per heavy atom. The summed E-state index contributed by atoms with van der Waals surface area (Å²) < 4.78 is 5.41. The fourth-order valence-electron chi connectivity index (χ4n) is 3.09. The first kappa shape index (κ1) is 17.9. The summed E-state index contributed by atoms with van der Waals surface area (Å²) in [7, 11) is 0. The van der Waals surface area contributed by atoms with E-state index in [0.29, 0.717) is 43.5 Å². The number of ether oxygens (including phenoxy) is 1. The number of nitrogens with one attached hydrogen (secondary N) is 2. The minimum atomic E-state index is -0.389. The van der Waals surface area contributed by atoms with Crippen molar-refractivity contribution in [2.75, 3.05) is 36.5 Å². The van der Waals surface area contributed by atoms with Gasteiger partial charge in [-0.15, -0.1) is 0 Å². The summed E-state index contributed by atoms with van der Waals surface area (Å²) in [5.74, 6) is 0.565. The molecule has 1 fully saturated rings. The maximum atomic E-state index is 12.9. The maximum absolute atomic E-state index is 12.9. The fourth-order valence-corrected chi connectivity index (χ4v) is 3.09. The summed E-state index contributed by atoms with van der Waals surface area (Å²) in [4.78, 5) is 34.9. The van der Waals surface area contributed by atoms with Gasteiger partial charge in [-0.3, -0.25) is 9.59 Å². The van der Waals surface area contributed by atoms with E-state index in [0.717, 1.165) is 5.56 Å². The Morgan fingerprint density at radius 1 is 1.00 bits per heavy atom. The first-order valence-corrected chi connectivity index (χ1v) is 9.11. The average molecular weight is 376 g/mol. The number of anilines is 2. The monoisotopic (exact) mass is 376 g/mol. The molecule has 2 N–H and O–H groups in total. The number of H-pyrrole nitrogens is 1. The zero-order chi connectivity index (χ0) is 19.3. The van der Waals surface area contributed by atoms with Gasteiger partial charge in [-0.25, -0.2) is 4.98 Å². The van der Waals surface area contributed by atoms with Gasteiger partial charge in [-0.05, 0) is 12.1 Å². The highest BCUT2D eigenvalue weighted by Crippen LogP contribution is 2.24. The van der Waals surface area contributed by atoms with Crippen molar-refractivity contribution in [2.24, 2.45) is 0 Å². The van der Waals surface area contributed by atoms with E-state index in [4.69, 9.17) is 4.74 Å². The average Bonchev–Trinajstić information content (AvgIpc) is 2.76. The van der Waals surface area contributed by atoms with E-state index >= 15 is 0 Å². The molecule has 1 aliphatic rings. The van der Waals surface area contributed by atoms with Crippen molar-refractivity contribution in [3.8, 4) is 11.4 Å². The van der Waals surface area contributed by atoms with Gasteiger partial charge < -0.3 is 19.9 Å². The lowest BCUT2D eigenvalue weighted by Crippen LogP contribution is -2.38. The SMILES string of the molecule is O=C(Nc1c(N2CCOCC2)nc(-c2ccccc2)[nH]c1=O)c1ccccc1. The van der Waals surface area contributed by atoms with Crippen molar-refractivity contribution in [3.05, 3.63) is 76.6 Å². The molecule has 1 amide bonds. The second kappa shape index (κ2) is 8.06. The Balaban J connectivity index is 1.76. The van der Waals surface area contributed by atoms with Crippen LogP contribution in [0.1, 0.15) is 10.4 Å². The first-order valence-electron chi connectivity index (χ1n) is 9.11. The van der Waals surface area contributed by atoms with E-state index in [1.807, 2.05) is 41.3 Å². The smallest absolute Gasteiger partial charge is 0.277 e.